The summed E-state index contributed by atoms with van der Waals surface area (Å²) in [5, 5.41) is 3.78. The van der Waals surface area contributed by atoms with E-state index in [1.54, 1.807) is 18.7 Å². The van der Waals surface area contributed by atoms with E-state index < -0.39 is 10.0 Å². The van der Waals surface area contributed by atoms with Gasteiger partial charge < -0.3 is 14.3 Å². The number of hydrogen-bond donors (Lipinski definition) is 0. The molecule has 0 aliphatic carbocycles. The minimum atomic E-state index is -3.67. The van der Waals surface area contributed by atoms with Gasteiger partial charge in [-0.15, -0.1) is 0 Å². The fourth-order valence-corrected chi connectivity index (χ4v) is 6.81. The van der Waals surface area contributed by atoms with Crippen LogP contribution < -0.4 is 4.90 Å². The van der Waals surface area contributed by atoms with Crippen LogP contribution in [0.4, 0.5) is 5.69 Å². The van der Waals surface area contributed by atoms with E-state index in [0.29, 0.717) is 43.9 Å². The van der Waals surface area contributed by atoms with Crippen molar-refractivity contribution in [3.05, 3.63) is 41.3 Å². The highest BCUT2D eigenvalue weighted by Gasteiger charge is 2.36. The second-order valence-electron chi connectivity index (χ2n) is 9.20. The highest BCUT2D eigenvalue weighted by Crippen LogP contribution is 2.29. The summed E-state index contributed by atoms with van der Waals surface area (Å²) in [6, 6.07) is 8.34. The second-order valence-corrected chi connectivity index (χ2v) is 11.1. The van der Waals surface area contributed by atoms with E-state index in [9.17, 15) is 13.2 Å². The monoisotopic (exact) mass is 474 g/mol. The van der Waals surface area contributed by atoms with Crippen LogP contribution >= 0.6 is 0 Å². The Morgan fingerprint density at radius 2 is 1.76 bits per heavy atom. The zero-order valence-corrected chi connectivity index (χ0v) is 20.6. The van der Waals surface area contributed by atoms with Crippen molar-refractivity contribution in [2.45, 2.75) is 57.4 Å². The van der Waals surface area contributed by atoms with Crippen LogP contribution in [-0.2, 0) is 21.4 Å². The lowest BCUT2D eigenvalue weighted by atomic mass is 9.96. The number of amides is 1. The van der Waals surface area contributed by atoms with Gasteiger partial charge in [0.15, 0.2) is 5.76 Å². The van der Waals surface area contributed by atoms with Crippen LogP contribution in [0, 0.1) is 19.8 Å². The number of piperidine rings is 2. The first kappa shape index (κ1) is 23.8. The fourth-order valence-electron chi connectivity index (χ4n) is 5.05. The lowest BCUT2D eigenvalue weighted by Gasteiger charge is -2.34. The van der Waals surface area contributed by atoms with Crippen LogP contribution in [0.25, 0.3) is 0 Å². The molecule has 2 aliphatic rings. The average Bonchev–Trinajstić information content (AvgIpc) is 3.18. The van der Waals surface area contributed by atoms with Crippen molar-refractivity contribution < 1.29 is 17.7 Å². The largest absolute Gasteiger partial charge is 0.371 e. The number of carbonyl (C=O) groups is 1. The molecule has 2 saturated heterocycles. The van der Waals surface area contributed by atoms with Gasteiger partial charge in [0.25, 0.3) is 0 Å². The van der Waals surface area contributed by atoms with Crippen LogP contribution in [0.5, 0.6) is 0 Å². The zero-order valence-electron chi connectivity index (χ0n) is 19.8. The number of benzene rings is 1. The number of aryl methyl sites for hydroxylation is 2. The van der Waals surface area contributed by atoms with E-state index in [0.717, 1.165) is 18.7 Å². The molecule has 8 nitrogen and oxygen atoms in total. The van der Waals surface area contributed by atoms with Crippen molar-refractivity contribution in [3.63, 3.8) is 0 Å². The maximum atomic E-state index is 13.2. The quantitative estimate of drug-likeness (QED) is 0.638. The van der Waals surface area contributed by atoms with Gasteiger partial charge in [0.2, 0.25) is 15.9 Å². The summed E-state index contributed by atoms with van der Waals surface area (Å²) in [5.74, 6) is 0.212. The topological polar surface area (TPSA) is 87.0 Å². The number of para-hydroxylation sites is 1. The number of sulfonamides is 1. The summed E-state index contributed by atoms with van der Waals surface area (Å²) in [5.41, 5.74) is 2.75. The van der Waals surface area contributed by atoms with Gasteiger partial charge in [-0.3, -0.25) is 4.79 Å². The fraction of sp³-hybridized carbons (Fsp3) is 0.583. The van der Waals surface area contributed by atoms with Crippen molar-refractivity contribution in [2.24, 2.45) is 5.92 Å². The first-order valence-corrected chi connectivity index (χ1v) is 13.2. The minimum absolute atomic E-state index is 0.0813. The molecule has 1 aromatic heterocycles. The summed E-state index contributed by atoms with van der Waals surface area (Å²) in [6.45, 7) is 6.57. The molecule has 0 saturated carbocycles. The van der Waals surface area contributed by atoms with Gasteiger partial charge in [-0.25, -0.2) is 8.42 Å². The van der Waals surface area contributed by atoms with Gasteiger partial charge in [0.05, 0.1) is 0 Å². The number of anilines is 1. The summed E-state index contributed by atoms with van der Waals surface area (Å²) in [7, 11) is -1.82. The molecule has 2 aromatic rings. The molecule has 2 aliphatic heterocycles. The number of rotatable bonds is 6. The predicted molar refractivity (Wildman–Crippen MR) is 126 cm³/mol. The third-order valence-electron chi connectivity index (χ3n) is 6.84. The van der Waals surface area contributed by atoms with Crippen LogP contribution in [0.15, 0.2) is 33.7 Å². The highest BCUT2D eigenvalue weighted by molar-refractivity contribution is 7.89. The molecule has 2 fully saturated rings. The molecule has 0 unspecified atom stereocenters. The lowest BCUT2D eigenvalue weighted by Crippen LogP contribution is -2.43. The standard InChI is InChI=1S/C24H34N4O4S/c1-18-23(19(2)32-25-18)33(30,31)28-15-11-20(12-16-28)24(29)26(3)17-21-9-5-6-10-22(21)27-13-7-4-8-14-27/h5-6,9-10,20H,4,7-8,11-17H2,1-3H3. The normalized spacial score (nSPS) is 18.5. The van der Waals surface area contributed by atoms with Gasteiger partial charge in [-0.1, -0.05) is 23.4 Å². The van der Waals surface area contributed by atoms with E-state index in [1.165, 1.54) is 29.3 Å². The summed E-state index contributed by atoms with van der Waals surface area (Å²) in [6.07, 6.45) is 4.72. The zero-order chi connectivity index (χ0) is 23.6. The van der Waals surface area contributed by atoms with Crippen LogP contribution in [0.3, 0.4) is 0 Å². The molecule has 0 N–H and O–H groups in total. The van der Waals surface area contributed by atoms with Gasteiger partial charge in [0, 0.05) is 51.4 Å². The molecule has 0 radical (unpaired) electrons. The van der Waals surface area contributed by atoms with Gasteiger partial charge in [0.1, 0.15) is 10.6 Å². The lowest BCUT2D eigenvalue weighted by molar-refractivity contribution is -0.135. The first-order valence-electron chi connectivity index (χ1n) is 11.8. The third-order valence-corrected chi connectivity index (χ3v) is 8.98. The Kier molecular flexibility index (Phi) is 7.09. The minimum Gasteiger partial charge on any atom is -0.371 e. The Balaban J connectivity index is 1.38. The van der Waals surface area contributed by atoms with Crippen molar-refractivity contribution >= 4 is 21.6 Å². The Bertz CT molecular complexity index is 1060. The predicted octanol–water partition coefficient (Wildman–Crippen LogP) is 3.34. The Morgan fingerprint density at radius 3 is 2.39 bits per heavy atom. The Morgan fingerprint density at radius 1 is 1.09 bits per heavy atom. The molecule has 180 valence electrons. The summed E-state index contributed by atoms with van der Waals surface area (Å²) in [4.78, 5) is 17.6. The van der Waals surface area contributed by atoms with E-state index in [-0.39, 0.29) is 16.7 Å². The number of hydrogen-bond acceptors (Lipinski definition) is 6. The smallest absolute Gasteiger partial charge is 0.248 e. The van der Waals surface area contributed by atoms with Gasteiger partial charge >= 0.3 is 0 Å². The van der Waals surface area contributed by atoms with E-state index in [4.69, 9.17) is 4.52 Å². The van der Waals surface area contributed by atoms with Crippen LogP contribution in [0.2, 0.25) is 0 Å². The van der Waals surface area contributed by atoms with Crippen molar-refractivity contribution in [3.8, 4) is 0 Å². The van der Waals surface area contributed by atoms with E-state index in [1.807, 2.05) is 13.1 Å². The molecule has 3 heterocycles. The third kappa shape index (κ3) is 4.94. The average molecular weight is 475 g/mol. The molecule has 0 spiro atoms. The van der Waals surface area contributed by atoms with Crippen LogP contribution in [0.1, 0.15) is 49.1 Å². The van der Waals surface area contributed by atoms with E-state index in [2.05, 4.69) is 28.3 Å². The van der Waals surface area contributed by atoms with E-state index >= 15 is 0 Å². The molecular formula is C24H34N4O4S. The summed E-state index contributed by atoms with van der Waals surface area (Å²) < 4.78 is 32.6. The molecule has 0 atom stereocenters. The van der Waals surface area contributed by atoms with Crippen molar-refractivity contribution in [2.75, 3.05) is 38.1 Å². The Labute approximate surface area is 196 Å². The van der Waals surface area contributed by atoms with Crippen molar-refractivity contribution in [1.82, 2.24) is 14.4 Å². The molecule has 1 amide bonds. The second kappa shape index (κ2) is 9.85. The molecule has 0 bridgehead atoms. The first-order chi connectivity index (χ1) is 15.8. The summed E-state index contributed by atoms with van der Waals surface area (Å²) >= 11 is 0. The van der Waals surface area contributed by atoms with Crippen molar-refractivity contribution in [1.29, 1.82) is 0 Å². The van der Waals surface area contributed by atoms with Gasteiger partial charge in [-0.2, -0.15) is 4.31 Å². The maximum Gasteiger partial charge on any atom is 0.248 e. The van der Waals surface area contributed by atoms with Gasteiger partial charge in [-0.05, 0) is 57.6 Å². The number of carbonyl (C=O) groups excluding carboxylic acids is 1. The molecule has 1 aromatic carbocycles. The molecular weight excluding hydrogens is 440 g/mol. The molecule has 9 heteroatoms. The number of nitrogens with zero attached hydrogens (tertiary/aromatic N) is 4. The molecule has 33 heavy (non-hydrogen) atoms. The highest BCUT2D eigenvalue weighted by atomic mass is 32.2. The Hall–Kier alpha value is -2.39. The SMILES string of the molecule is Cc1noc(C)c1S(=O)(=O)N1CCC(C(=O)N(C)Cc2ccccc2N2CCCCC2)CC1. The molecule has 4 rings (SSSR count). The maximum absolute atomic E-state index is 13.2. The number of aromatic nitrogens is 1. The van der Waals surface area contributed by atoms with Crippen LogP contribution in [-0.4, -0.2) is 61.9 Å².